The fraction of sp³-hybridized carbons (Fsp3) is 0.0909. The predicted molar refractivity (Wildman–Crippen MR) is 107 cm³/mol. The molecule has 0 heterocycles. The molecule has 6 nitrogen and oxygen atoms in total. The van der Waals surface area contributed by atoms with E-state index in [0.29, 0.717) is 11.3 Å². The van der Waals surface area contributed by atoms with Crippen molar-refractivity contribution >= 4 is 15.8 Å². The molecule has 1 N–H and O–H groups in total. The van der Waals surface area contributed by atoms with Crippen molar-refractivity contribution in [3.8, 4) is 22.9 Å². The van der Waals surface area contributed by atoms with Crippen LogP contribution in [0.4, 0.5) is 0 Å². The summed E-state index contributed by atoms with van der Waals surface area (Å²) in [6.07, 6.45) is 0. The average molecular weight is 407 g/mol. The molecule has 7 heteroatoms. The third-order valence-corrected chi connectivity index (χ3v) is 5.80. The van der Waals surface area contributed by atoms with Crippen LogP contribution in [0.5, 0.6) is 5.75 Å². The maximum atomic E-state index is 11.9. The first-order valence-corrected chi connectivity index (χ1v) is 10.3. The number of hydrogen-bond donors (Lipinski definition) is 1. The van der Waals surface area contributed by atoms with Gasteiger partial charge in [0.25, 0.3) is 0 Å². The average Bonchev–Trinajstić information content (AvgIpc) is 2.72. The molecule has 0 saturated carbocycles. The molecule has 146 valence electrons. The van der Waals surface area contributed by atoms with Gasteiger partial charge in [0, 0.05) is 0 Å². The van der Waals surface area contributed by atoms with Gasteiger partial charge in [-0.3, -0.25) is 4.79 Å². The van der Waals surface area contributed by atoms with Crippen molar-refractivity contribution in [3.05, 3.63) is 83.9 Å². The summed E-state index contributed by atoms with van der Waals surface area (Å²) in [5, 5.41) is 18.0. The Morgan fingerprint density at radius 1 is 1.00 bits per heavy atom. The van der Waals surface area contributed by atoms with Gasteiger partial charge in [-0.2, -0.15) is 5.26 Å². The quantitative estimate of drug-likeness (QED) is 0.641. The SMILES string of the molecule is N#Cc1ccccc1-c1cccc(COc2ccc(S(=O)(=O)CC(=O)O)cc2)c1. The molecule has 3 aromatic carbocycles. The van der Waals surface area contributed by atoms with Crippen molar-refractivity contribution < 1.29 is 23.1 Å². The fourth-order valence-electron chi connectivity index (χ4n) is 2.82. The minimum Gasteiger partial charge on any atom is -0.489 e. The summed E-state index contributed by atoms with van der Waals surface area (Å²) in [4.78, 5) is 10.6. The summed E-state index contributed by atoms with van der Waals surface area (Å²) < 4.78 is 29.5. The van der Waals surface area contributed by atoms with E-state index in [-0.39, 0.29) is 11.5 Å². The number of nitrogens with zero attached hydrogens (tertiary/aromatic N) is 1. The standard InChI is InChI=1S/C22H17NO5S/c23-13-18-5-1-2-7-21(18)17-6-3-4-16(12-17)14-28-19-8-10-20(11-9-19)29(26,27)15-22(24)25/h1-12H,14-15H2,(H,24,25). The van der Waals surface area contributed by atoms with Crippen molar-refractivity contribution in [2.75, 3.05) is 5.75 Å². The van der Waals surface area contributed by atoms with Gasteiger partial charge in [0.2, 0.25) is 0 Å². The number of carboxylic acids is 1. The molecule has 3 rings (SSSR count). The molecule has 0 atom stereocenters. The van der Waals surface area contributed by atoms with E-state index in [1.807, 2.05) is 42.5 Å². The predicted octanol–water partition coefficient (Wildman–Crippen LogP) is 3.66. The van der Waals surface area contributed by atoms with E-state index in [4.69, 9.17) is 9.84 Å². The lowest BCUT2D eigenvalue weighted by molar-refractivity contribution is -0.134. The Morgan fingerprint density at radius 2 is 1.72 bits per heavy atom. The zero-order valence-corrected chi connectivity index (χ0v) is 16.1. The van der Waals surface area contributed by atoms with Crippen molar-refractivity contribution in [1.29, 1.82) is 5.26 Å². The Labute approximate surface area is 168 Å². The summed E-state index contributed by atoms with van der Waals surface area (Å²) in [5.41, 5.74) is 3.21. The molecule has 0 spiro atoms. The van der Waals surface area contributed by atoms with E-state index >= 15 is 0 Å². The highest BCUT2D eigenvalue weighted by Gasteiger charge is 2.18. The molecule has 0 aliphatic heterocycles. The van der Waals surface area contributed by atoms with Crippen molar-refractivity contribution in [2.24, 2.45) is 0 Å². The van der Waals surface area contributed by atoms with Crippen LogP contribution in [-0.4, -0.2) is 25.2 Å². The molecular weight excluding hydrogens is 390 g/mol. The third-order valence-electron chi connectivity index (χ3n) is 4.19. The zero-order valence-electron chi connectivity index (χ0n) is 15.3. The van der Waals surface area contributed by atoms with E-state index < -0.39 is 21.6 Å². The van der Waals surface area contributed by atoms with Gasteiger partial charge < -0.3 is 9.84 Å². The van der Waals surface area contributed by atoms with E-state index in [2.05, 4.69) is 6.07 Å². The van der Waals surface area contributed by atoms with Gasteiger partial charge in [0.05, 0.1) is 16.5 Å². The van der Waals surface area contributed by atoms with Crippen LogP contribution < -0.4 is 4.74 Å². The Bertz CT molecular complexity index is 1180. The summed E-state index contributed by atoms with van der Waals surface area (Å²) in [5.74, 6) is -1.89. The van der Waals surface area contributed by atoms with Crippen LogP contribution in [0.15, 0.2) is 77.7 Å². The molecule has 3 aromatic rings. The lowest BCUT2D eigenvalue weighted by atomic mass is 9.99. The first-order chi connectivity index (χ1) is 13.9. The Morgan fingerprint density at radius 3 is 2.41 bits per heavy atom. The van der Waals surface area contributed by atoms with Crippen LogP contribution in [0, 0.1) is 11.3 Å². The molecule has 0 saturated heterocycles. The lowest BCUT2D eigenvalue weighted by Crippen LogP contribution is -2.15. The topological polar surface area (TPSA) is 104 Å². The molecule has 0 radical (unpaired) electrons. The van der Waals surface area contributed by atoms with Gasteiger partial charge in [-0.25, -0.2) is 8.42 Å². The van der Waals surface area contributed by atoms with Crippen LogP contribution in [0.2, 0.25) is 0 Å². The Balaban J connectivity index is 1.73. The summed E-state index contributed by atoms with van der Waals surface area (Å²) in [6.45, 7) is 0.254. The number of benzene rings is 3. The lowest BCUT2D eigenvalue weighted by Gasteiger charge is -2.10. The number of aliphatic carboxylic acids is 1. The summed E-state index contributed by atoms with van der Waals surface area (Å²) >= 11 is 0. The number of nitriles is 1. The van der Waals surface area contributed by atoms with Crippen molar-refractivity contribution in [3.63, 3.8) is 0 Å². The van der Waals surface area contributed by atoms with Crippen LogP contribution in [0.1, 0.15) is 11.1 Å². The van der Waals surface area contributed by atoms with Gasteiger partial charge in [-0.05, 0) is 53.1 Å². The minimum atomic E-state index is -3.87. The van der Waals surface area contributed by atoms with Crippen molar-refractivity contribution in [1.82, 2.24) is 0 Å². The number of hydrogen-bond acceptors (Lipinski definition) is 5. The van der Waals surface area contributed by atoms with Crippen LogP contribution in [0.25, 0.3) is 11.1 Å². The second-order valence-corrected chi connectivity index (χ2v) is 8.26. The van der Waals surface area contributed by atoms with E-state index in [1.54, 1.807) is 6.07 Å². The van der Waals surface area contributed by atoms with E-state index in [9.17, 15) is 18.5 Å². The number of rotatable bonds is 7. The first-order valence-electron chi connectivity index (χ1n) is 8.65. The largest absolute Gasteiger partial charge is 0.489 e. The highest BCUT2D eigenvalue weighted by Crippen LogP contribution is 2.25. The number of carboxylic acid groups (broad SMARTS) is 1. The summed E-state index contributed by atoms with van der Waals surface area (Å²) in [6, 6.07) is 22.8. The minimum absolute atomic E-state index is 0.0673. The van der Waals surface area contributed by atoms with Gasteiger partial charge in [0.1, 0.15) is 12.4 Å². The molecule has 0 unspecified atom stereocenters. The smallest absolute Gasteiger partial charge is 0.319 e. The second kappa shape index (κ2) is 8.59. The maximum Gasteiger partial charge on any atom is 0.319 e. The van der Waals surface area contributed by atoms with Crippen LogP contribution >= 0.6 is 0 Å². The molecule has 0 fully saturated rings. The molecule has 0 aliphatic carbocycles. The van der Waals surface area contributed by atoms with Gasteiger partial charge in [0.15, 0.2) is 15.6 Å². The normalized spacial score (nSPS) is 10.9. The molecule has 0 aliphatic rings. The van der Waals surface area contributed by atoms with E-state index in [0.717, 1.165) is 16.7 Å². The fourth-order valence-corrected chi connectivity index (χ4v) is 3.86. The van der Waals surface area contributed by atoms with Crippen LogP contribution in [0.3, 0.4) is 0 Å². The third kappa shape index (κ3) is 5.00. The Kier molecular flexibility index (Phi) is 5.96. The zero-order chi connectivity index (χ0) is 20.9. The number of sulfone groups is 1. The molecule has 0 aromatic heterocycles. The molecular formula is C22H17NO5S. The van der Waals surface area contributed by atoms with Gasteiger partial charge in [-0.1, -0.05) is 36.4 Å². The number of carbonyl (C=O) groups is 1. The summed E-state index contributed by atoms with van der Waals surface area (Å²) in [7, 11) is -3.87. The monoisotopic (exact) mass is 407 g/mol. The van der Waals surface area contributed by atoms with Crippen molar-refractivity contribution in [2.45, 2.75) is 11.5 Å². The molecule has 0 amide bonds. The maximum absolute atomic E-state index is 11.9. The van der Waals surface area contributed by atoms with Gasteiger partial charge >= 0.3 is 5.97 Å². The highest BCUT2D eigenvalue weighted by atomic mass is 32.2. The molecule has 0 bridgehead atoms. The first kappa shape index (κ1) is 20.1. The van der Waals surface area contributed by atoms with Gasteiger partial charge in [-0.15, -0.1) is 0 Å². The van der Waals surface area contributed by atoms with Crippen LogP contribution in [-0.2, 0) is 21.2 Å². The second-order valence-electron chi connectivity index (χ2n) is 6.27. The Hall–Kier alpha value is -3.63. The van der Waals surface area contributed by atoms with E-state index in [1.165, 1.54) is 24.3 Å². The number of ether oxygens (including phenoxy) is 1. The highest BCUT2D eigenvalue weighted by molar-refractivity contribution is 7.92. The molecule has 29 heavy (non-hydrogen) atoms.